The second kappa shape index (κ2) is 9.11. The number of rotatable bonds is 8. The van der Waals surface area contributed by atoms with E-state index in [1.165, 1.54) is 7.05 Å². The summed E-state index contributed by atoms with van der Waals surface area (Å²) in [6.45, 7) is 1.73. The van der Waals surface area contributed by atoms with Crippen molar-refractivity contribution in [2.24, 2.45) is 7.05 Å². The van der Waals surface area contributed by atoms with Crippen molar-refractivity contribution in [2.45, 2.75) is 39.2 Å². The summed E-state index contributed by atoms with van der Waals surface area (Å²) in [6.07, 6.45) is 1.41. The van der Waals surface area contributed by atoms with Crippen molar-refractivity contribution >= 4 is 23.1 Å². The molecule has 152 valence electrons. The molecule has 0 saturated carbocycles. The molecule has 0 bridgehead atoms. The van der Waals surface area contributed by atoms with Crippen LogP contribution in [0.5, 0.6) is 0 Å². The van der Waals surface area contributed by atoms with Crippen molar-refractivity contribution in [3.05, 3.63) is 36.9 Å². The Hall–Kier alpha value is -3.24. The van der Waals surface area contributed by atoms with E-state index in [-0.39, 0.29) is 36.3 Å². The summed E-state index contributed by atoms with van der Waals surface area (Å²) in [7, 11) is 2.48. The van der Waals surface area contributed by atoms with Crippen LogP contribution in [0.25, 0.3) is 11.2 Å². The predicted octanol–water partition coefficient (Wildman–Crippen LogP) is -0.768. The number of methoxy groups -OCH3 is 1. The molecular weight excluding hydrogens is 372 g/mol. The Morgan fingerprint density at radius 1 is 1.18 bits per heavy atom. The molecule has 2 heterocycles. The van der Waals surface area contributed by atoms with Crippen molar-refractivity contribution in [1.82, 2.24) is 19.1 Å². The van der Waals surface area contributed by atoms with Gasteiger partial charge >= 0.3 is 17.6 Å². The second-order valence-electron chi connectivity index (χ2n) is 6.09. The number of nitrogens with zero attached hydrogens (tertiary/aromatic N) is 3. The summed E-state index contributed by atoms with van der Waals surface area (Å²) in [4.78, 5) is 66.5. The number of aryl methyl sites for hydroxylation is 2. The number of ether oxygens (including phenoxy) is 2. The van der Waals surface area contributed by atoms with Gasteiger partial charge in [-0.3, -0.25) is 33.3 Å². The molecular formula is C17H22N4O7. The highest BCUT2D eigenvalue weighted by molar-refractivity contribution is 5.74. The fourth-order valence-corrected chi connectivity index (χ4v) is 2.57. The van der Waals surface area contributed by atoms with Crippen molar-refractivity contribution in [3.8, 4) is 0 Å². The van der Waals surface area contributed by atoms with Crippen molar-refractivity contribution in [3.63, 3.8) is 0 Å². The molecule has 0 saturated heterocycles. The molecule has 1 N–H and O–H groups in total. The zero-order valence-corrected chi connectivity index (χ0v) is 15.9. The molecule has 0 unspecified atom stereocenters. The van der Waals surface area contributed by atoms with Gasteiger partial charge in [0.15, 0.2) is 11.2 Å². The van der Waals surface area contributed by atoms with Gasteiger partial charge in [-0.15, -0.1) is 0 Å². The van der Waals surface area contributed by atoms with Gasteiger partial charge in [0.05, 0.1) is 20.1 Å². The molecule has 11 nitrogen and oxygen atoms in total. The minimum Gasteiger partial charge on any atom is -0.468 e. The fraction of sp³-hybridized carbons (Fsp3) is 0.529. The van der Waals surface area contributed by atoms with Crippen LogP contribution in [0.15, 0.2) is 14.4 Å². The third kappa shape index (κ3) is 4.53. The smallest absolute Gasteiger partial charge is 0.329 e. The highest BCUT2D eigenvalue weighted by atomic mass is 16.5. The van der Waals surface area contributed by atoms with E-state index in [4.69, 9.17) is 4.74 Å². The van der Waals surface area contributed by atoms with Gasteiger partial charge in [0.1, 0.15) is 12.2 Å². The molecule has 2 aromatic rings. The number of hydrogen-bond donors (Lipinski definition) is 1. The lowest BCUT2D eigenvalue weighted by atomic mass is 10.2. The monoisotopic (exact) mass is 394 g/mol. The van der Waals surface area contributed by atoms with E-state index in [9.17, 15) is 24.0 Å². The van der Waals surface area contributed by atoms with Gasteiger partial charge in [0, 0.05) is 13.5 Å². The Morgan fingerprint density at radius 2 is 1.89 bits per heavy atom. The quantitative estimate of drug-likeness (QED) is 0.454. The van der Waals surface area contributed by atoms with Crippen LogP contribution in [0, 0.1) is 0 Å². The highest BCUT2D eigenvalue weighted by Gasteiger charge is 2.19. The SMILES string of the molecule is CCCCOC(=O)CCc1nc2c(=O)[nH]c(=O)n(C)c2n(CC(=O)OC)c1=O. The topological polar surface area (TPSA) is 142 Å². The zero-order valence-electron chi connectivity index (χ0n) is 15.9. The third-order valence-electron chi connectivity index (χ3n) is 4.11. The number of hydrogen-bond acceptors (Lipinski definition) is 8. The summed E-state index contributed by atoms with van der Waals surface area (Å²) in [5.74, 6) is -1.24. The van der Waals surface area contributed by atoms with E-state index in [0.717, 1.165) is 29.1 Å². The minimum atomic E-state index is -0.802. The molecule has 0 aliphatic heterocycles. The first-order valence-electron chi connectivity index (χ1n) is 8.75. The highest BCUT2D eigenvalue weighted by Crippen LogP contribution is 2.06. The van der Waals surface area contributed by atoms with Gasteiger partial charge in [-0.2, -0.15) is 0 Å². The molecule has 0 atom stereocenters. The van der Waals surface area contributed by atoms with Gasteiger partial charge in [-0.25, -0.2) is 9.78 Å². The largest absolute Gasteiger partial charge is 0.468 e. The van der Waals surface area contributed by atoms with Crippen LogP contribution in [0.3, 0.4) is 0 Å². The summed E-state index contributed by atoms with van der Waals surface area (Å²) in [6, 6.07) is 0. The molecule has 11 heteroatoms. The zero-order chi connectivity index (χ0) is 20.8. The number of nitrogens with one attached hydrogen (secondary N) is 1. The van der Waals surface area contributed by atoms with E-state index in [2.05, 4.69) is 14.7 Å². The first-order valence-corrected chi connectivity index (χ1v) is 8.75. The standard InChI is InChI=1S/C17H22N4O7/c1-4-5-8-28-11(22)7-6-10-16(25)21(9-12(23)27-3)15-13(18-10)14(24)19-17(26)20(15)2/h4-9H2,1-3H3,(H,19,24,26). The van der Waals surface area contributed by atoms with Crippen LogP contribution >= 0.6 is 0 Å². The predicted molar refractivity (Wildman–Crippen MR) is 98.1 cm³/mol. The fourth-order valence-electron chi connectivity index (χ4n) is 2.57. The number of esters is 2. The number of H-pyrrole nitrogens is 1. The van der Waals surface area contributed by atoms with Gasteiger partial charge in [0.25, 0.3) is 11.1 Å². The Balaban J connectivity index is 2.50. The lowest BCUT2D eigenvalue weighted by Crippen LogP contribution is -2.37. The molecule has 2 aromatic heterocycles. The molecule has 0 radical (unpaired) electrons. The van der Waals surface area contributed by atoms with Crippen LogP contribution in [0.4, 0.5) is 0 Å². The molecule has 2 rings (SSSR count). The van der Waals surface area contributed by atoms with Gasteiger partial charge in [0.2, 0.25) is 0 Å². The summed E-state index contributed by atoms with van der Waals surface area (Å²) in [5, 5.41) is 0. The van der Waals surface area contributed by atoms with Gasteiger partial charge in [-0.1, -0.05) is 13.3 Å². The van der Waals surface area contributed by atoms with E-state index in [1.54, 1.807) is 0 Å². The molecule has 0 amide bonds. The summed E-state index contributed by atoms with van der Waals surface area (Å²) < 4.78 is 11.6. The van der Waals surface area contributed by atoms with Crippen LogP contribution in [0.2, 0.25) is 0 Å². The minimum absolute atomic E-state index is 0.0802. The number of aromatic amines is 1. The number of fused-ring (bicyclic) bond motifs is 1. The normalized spacial score (nSPS) is 10.8. The Kier molecular flexibility index (Phi) is 6.85. The third-order valence-corrected chi connectivity index (χ3v) is 4.11. The summed E-state index contributed by atoms with van der Waals surface area (Å²) in [5.41, 5.74) is -2.65. The molecule has 0 spiro atoms. The maximum absolute atomic E-state index is 12.8. The Morgan fingerprint density at radius 3 is 2.54 bits per heavy atom. The van der Waals surface area contributed by atoms with E-state index in [1.807, 2.05) is 6.92 Å². The van der Waals surface area contributed by atoms with Crippen LogP contribution in [-0.4, -0.2) is 44.8 Å². The average molecular weight is 394 g/mol. The Bertz CT molecular complexity index is 1060. The first-order chi connectivity index (χ1) is 13.3. The molecule has 0 aromatic carbocycles. The number of unbranched alkanes of at least 4 members (excludes halogenated alkanes) is 1. The van der Waals surface area contributed by atoms with E-state index >= 15 is 0 Å². The van der Waals surface area contributed by atoms with Crippen LogP contribution < -0.4 is 16.8 Å². The lowest BCUT2D eigenvalue weighted by molar-refractivity contribution is -0.144. The van der Waals surface area contributed by atoms with Crippen molar-refractivity contribution in [2.75, 3.05) is 13.7 Å². The molecule has 28 heavy (non-hydrogen) atoms. The number of aromatic nitrogens is 4. The Labute approximate surface area is 158 Å². The lowest BCUT2D eigenvalue weighted by Gasteiger charge is -2.13. The van der Waals surface area contributed by atoms with E-state index in [0.29, 0.717) is 0 Å². The van der Waals surface area contributed by atoms with Crippen molar-refractivity contribution < 1.29 is 19.1 Å². The van der Waals surface area contributed by atoms with E-state index < -0.39 is 35.3 Å². The molecule has 0 aliphatic rings. The van der Waals surface area contributed by atoms with Crippen LogP contribution in [-0.2, 0) is 39.1 Å². The number of carbonyl (C=O) groups excluding carboxylic acids is 2. The van der Waals surface area contributed by atoms with Crippen LogP contribution in [0.1, 0.15) is 31.9 Å². The molecule has 0 fully saturated rings. The first kappa shape index (κ1) is 21.1. The van der Waals surface area contributed by atoms with Gasteiger partial charge < -0.3 is 9.47 Å². The number of carbonyl (C=O) groups is 2. The average Bonchev–Trinajstić information content (AvgIpc) is 2.66. The summed E-state index contributed by atoms with van der Waals surface area (Å²) >= 11 is 0. The maximum atomic E-state index is 12.8. The van der Waals surface area contributed by atoms with Crippen molar-refractivity contribution in [1.29, 1.82) is 0 Å². The maximum Gasteiger partial charge on any atom is 0.329 e. The second-order valence-corrected chi connectivity index (χ2v) is 6.09. The van der Waals surface area contributed by atoms with Gasteiger partial charge in [-0.05, 0) is 6.42 Å². The molecule has 0 aliphatic carbocycles.